The van der Waals surface area contributed by atoms with Crippen LogP contribution in [0.3, 0.4) is 0 Å². The fraction of sp³-hybridized carbons (Fsp3) is 0.391. The van der Waals surface area contributed by atoms with Crippen LogP contribution in [0, 0.1) is 6.92 Å². The standard InChI is InChI=1S/C23H28N4O3/c1-5-6-18-8-11-20(12-9-18)29-15-22(28)27(16(2)3)14-21-25-23(26-30-21)19-10-7-17(4)24-13-19/h7-13,16H,5-6,14-15H2,1-4H3. The van der Waals surface area contributed by atoms with Gasteiger partial charge in [-0.3, -0.25) is 9.78 Å². The highest BCUT2D eigenvalue weighted by Gasteiger charge is 2.21. The first-order valence-corrected chi connectivity index (χ1v) is 10.2. The molecule has 0 spiro atoms. The largest absolute Gasteiger partial charge is 0.484 e. The Hall–Kier alpha value is -3.22. The number of aryl methyl sites for hydroxylation is 2. The molecule has 0 atom stereocenters. The number of hydrogen-bond donors (Lipinski definition) is 0. The summed E-state index contributed by atoms with van der Waals surface area (Å²) in [4.78, 5) is 23.1. The summed E-state index contributed by atoms with van der Waals surface area (Å²) in [5, 5.41) is 4.01. The van der Waals surface area contributed by atoms with Gasteiger partial charge in [-0.2, -0.15) is 4.98 Å². The molecule has 0 bridgehead atoms. The SMILES string of the molecule is CCCc1ccc(OCC(=O)N(Cc2nc(-c3ccc(C)nc3)no2)C(C)C)cc1. The first-order valence-electron chi connectivity index (χ1n) is 10.2. The lowest BCUT2D eigenvalue weighted by Crippen LogP contribution is -2.39. The lowest BCUT2D eigenvalue weighted by molar-refractivity contribution is -0.136. The average molecular weight is 409 g/mol. The molecule has 30 heavy (non-hydrogen) atoms. The maximum atomic E-state index is 12.7. The molecular weight excluding hydrogens is 380 g/mol. The molecule has 2 aromatic heterocycles. The number of benzene rings is 1. The molecule has 0 saturated carbocycles. The van der Waals surface area contributed by atoms with E-state index >= 15 is 0 Å². The zero-order valence-corrected chi connectivity index (χ0v) is 18.0. The van der Waals surface area contributed by atoms with E-state index in [2.05, 4.69) is 22.0 Å². The van der Waals surface area contributed by atoms with Gasteiger partial charge in [0.05, 0.1) is 0 Å². The molecule has 0 N–H and O–H groups in total. The zero-order chi connectivity index (χ0) is 21.5. The van der Waals surface area contributed by atoms with Gasteiger partial charge in [0, 0.05) is 23.5 Å². The van der Waals surface area contributed by atoms with E-state index in [0.29, 0.717) is 17.5 Å². The summed E-state index contributed by atoms with van der Waals surface area (Å²) in [7, 11) is 0. The van der Waals surface area contributed by atoms with Crippen LogP contribution in [-0.2, 0) is 17.8 Å². The van der Waals surface area contributed by atoms with Crippen molar-refractivity contribution in [3.8, 4) is 17.1 Å². The van der Waals surface area contributed by atoms with E-state index in [1.54, 1.807) is 11.1 Å². The monoisotopic (exact) mass is 408 g/mol. The number of carbonyl (C=O) groups excluding carboxylic acids is 1. The first kappa shape index (κ1) is 21.5. The van der Waals surface area contributed by atoms with Crippen LogP contribution in [0.5, 0.6) is 5.75 Å². The van der Waals surface area contributed by atoms with Crippen molar-refractivity contribution in [2.45, 2.75) is 53.1 Å². The third-order valence-electron chi connectivity index (χ3n) is 4.71. The molecule has 1 aromatic carbocycles. The van der Waals surface area contributed by atoms with Crippen LogP contribution < -0.4 is 4.74 Å². The molecule has 0 fully saturated rings. The Morgan fingerprint density at radius 1 is 1.17 bits per heavy atom. The van der Waals surface area contributed by atoms with Crippen LogP contribution >= 0.6 is 0 Å². The van der Waals surface area contributed by atoms with Crippen LogP contribution in [0.25, 0.3) is 11.4 Å². The van der Waals surface area contributed by atoms with E-state index in [4.69, 9.17) is 9.26 Å². The third kappa shape index (κ3) is 5.65. The first-order chi connectivity index (χ1) is 14.5. The molecule has 7 heteroatoms. The van der Waals surface area contributed by atoms with Crippen LogP contribution in [0.1, 0.15) is 44.3 Å². The summed E-state index contributed by atoms with van der Waals surface area (Å²) >= 11 is 0. The van der Waals surface area contributed by atoms with Gasteiger partial charge in [0.15, 0.2) is 6.61 Å². The van der Waals surface area contributed by atoms with Crippen molar-refractivity contribution >= 4 is 5.91 Å². The van der Waals surface area contributed by atoms with E-state index in [1.807, 2.05) is 57.2 Å². The van der Waals surface area contributed by atoms with Gasteiger partial charge in [0.25, 0.3) is 5.91 Å². The topological polar surface area (TPSA) is 81.4 Å². The van der Waals surface area contributed by atoms with Gasteiger partial charge in [-0.15, -0.1) is 0 Å². The van der Waals surface area contributed by atoms with Crippen LogP contribution in [-0.4, -0.2) is 38.6 Å². The van der Waals surface area contributed by atoms with Gasteiger partial charge in [-0.25, -0.2) is 0 Å². The Morgan fingerprint density at radius 2 is 1.93 bits per heavy atom. The Kier molecular flexibility index (Phi) is 7.17. The lowest BCUT2D eigenvalue weighted by atomic mass is 10.1. The van der Waals surface area contributed by atoms with Gasteiger partial charge < -0.3 is 14.2 Å². The van der Waals surface area contributed by atoms with Crippen molar-refractivity contribution in [3.63, 3.8) is 0 Å². The molecule has 3 rings (SSSR count). The number of hydrogen-bond acceptors (Lipinski definition) is 6. The van der Waals surface area contributed by atoms with Crippen molar-refractivity contribution in [1.29, 1.82) is 0 Å². The minimum absolute atomic E-state index is 0.0376. The minimum Gasteiger partial charge on any atom is -0.484 e. The highest BCUT2D eigenvalue weighted by Crippen LogP contribution is 2.17. The van der Waals surface area contributed by atoms with Gasteiger partial charge in [-0.1, -0.05) is 30.6 Å². The number of amides is 1. The molecule has 0 radical (unpaired) electrons. The Balaban J connectivity index is 1.61. The van der Waals surface area contributed by atoms with Gasteiger partial charge in [0.1, 0.15) is 12.3 Å². The molecule has 0 aliphatic heterocycles. The van der Waals surface area contributed by atoms with Crippen molar-refractivity contribution in [3.05, 3.63) is 59.7 Å². The highest BCUT2D eigenvalue weighted by molar-refractivity contribution is 5.78. The van der Waals surface area contributed by atoms with Crippen LogP contribution in [0.15, 0.2) is 47.1 Å². The predicted molar refractivity (Wildman–Crippen MR) is 114 cm³/mol. The van der Waals surface area contributed by atoms with Crippen molar-refractivity contribution < 1.29 is 14.1 Å². The fourth-order valence-electron chi connectivity index (χ4n) is 3.01. The Labute approximate surface area is 177 Å². The Bertz CT molecular complexity index is 949. The number of aromatic nitrogens is 3. The van der Waals surface area contributed by atoms with Gasteiger partial charge in [-0.05, 0) is 57.0 Å². The third-order valence-corrected chi connectivity index (χ3v) is 4.71. The minimum atomic E-state index is -0.139. The summed E-state index contributed by atoms with van der Waals surface area (Å²) < 4.78 is 11.0. The maximum Gasteiger partial charge on any atom is 0.261 e. The number of pyridine rings is 1. The van der Waals surface area contributed by atoms with E-state index < -0.39 is 0 Å². The van der Waals surface area contributed by atoms with Crippen molar-refractivity contribution in [2.75, 3.05) is 6.61 Å². The number of ether oxygens (including phenoxy) is 1. The summed E-state index contributed by atoms with van der Waals surface area (Å²) in [6.45, 7) is 8.12. The molecule has 2 heterocycles. The fourth-order valence-corrected chi connectivity index (χ4v) is 3.01. The summed E-state index contributed by atoms with van der Waals surface area (Å²) in [6, 6.07) is 11.6. The van der Waals surface area contributed by atoms with E-state index in [9.17, 15) is 4.79 Å². The Morgan fingerprint density at radius 3 is 2.57 bits per heavy atom. The number of carbonyl (C=O) groups is 1. The van der Waals surface area contributed by atoms with E-state index in [1.165, 1.54) is 5.56 Å². The number of rotatable bonds is 9. The zero-order valence-electron chi connectivity index (χ0n) is 18.0. The second-order valence-corrected chi connectivity index (χ2v) is 7.50. The second kappa shape index (κ2) is 10.0. The maximum absolute atomic E-state index is 12.7. The lowest BCUT2D eigenvalue weighted by Gasteiger charge is -2.25. The van der Waals surface area contributed by atoms with Gasteiger partial charge in [0.2, 0.25) is 11.7 Å². The van der Waals surface area contributed by atoms with Crippen LogP contribution in [0.2, 0.25) is 0 Å². The normalized spacial score (nSPS) is 11.0. The second-order valence-electron chi connectivity index (χ2n) is 7.50. The molecule has 3 aromatic rings. The van der Waals surface area contributed by atoms with Crippen LogP contribution in [0.4, 0.5) is 0 Å². The molecule has 7 nitrogen and oxygen atoms in total. The van der Waals surface area contributed by atoms with E-state index in [-0.39, 0.29) is 25.1 Å². The average Bonchev–Trinajstić information content (AvgIpc) is 3.20. The molecule has 0 saturated heterocycles. The summed E-state index contributed by atoms with van der Waals surface area (Å²) in [5.41, 5.74) is 2.95. The highest BCUT2D eigenvalue weighted by atomic mass is 16.5. The molecule has 0 aliphatic carbocycles. The molecule has 0 aliphatic rings. The van der Waals surface area contributed by atoms with E-state index in [0.717, 1.165) is 24.1 Å². The summed E-state index contributed by atoms with van der Waals surface area (Å²) in [5.74, 6) is 1.37. The molecule has 1 amide bonds. The van der Waals surface area contributed by atoms with Gasteiger partial charge >= 0.3 is 0 Å². The molecule has 158 valence electrons. The summed E-state index contributed by atoms with van der Waals surface area (Å²) in [6.07, 6.45) is 3.83. The predicted octanol–water partition coefficient (Wildman–Crippen LogP) is 4.21. The van der Waals surface area contributed by atoms with Crippen molar-refractivity contribution in [1.82, 2.24) is 20.0 Å². The molecular formula is C23H28N4O3. The quantitative estimate of drug-likeness (QED) is 0.528. The molecule has 0 unspecified atom stereocenters. The smallest absolute Gasteiger partial charge is 0.261 e. The van der Waals surface area contributed by atoms with Crippen molar-refractivity contribution in [2.24, 2.45) is 0 Å². The number of nitrogens with zero attached hydrogens (tertiary/aromatic N) is 4.